The van der Waals surface area contributed by atoms with Crippen LogP contribution in [0.15, 0.2) is 51.6 Å². The molecule has 3 rings (SSSR count). The molecule has 7 nitrogen and oxygen atoms in total. The first-order chi connectivity index (χ1) is 11.7. The van der Waals surface area contributed by atoms with Gasteiger partial charge in [0.05, 0.1) is 18.9 Å². The van der Waals surface area contributed by atoms with Crippen molar-refractivity contribution in [2.75, 3.05) is 6.61 Å². The lowest BCUT2D eigenvalue weighted by molar-refractivity contribution is 0.225. The molecule has 0 radical (unpaired) electrons. The largest absolute Gasteiger partial charge is 0.485 e. The Balaban J connectivity index is 1.50. The van der Waals surface area contributed by atoms with Gasteiger partial charge in [-0.05, 0) is 29.8 Å². The van der Waals surface area contributed by atoms with E-state index in [9.17, 15) is 5.11 Å². The van der Waals surface area contributed by atoms with Gasteiger partial charge in [0.25, 0.3) is 0 Å². The van der Waals surface area contributed by atoms with Crippen LogP contribution in [0.3, 0.4) is 0 Å². The number of aliphatic hydroxyl groups is 1. The molecule has 24 heavy (non-hydrogen) atoms. The summed E-state index contributed by atoms with van der Waals surface area (Å²) in [5.41, 5.74) is 1.07. The summed E-state index contributed by atoms with van der Waals surface area (Å²) in [6, 6.07) is 11.1. The minimum atomic E-state index is -0.225. The van der Waals surface area contributed by atoms with Crippen molar-refractivity contribution >= 4 is 0 Å². The van der Waals surface area contributed by atoms with E-state index in [1.165, 1.54) is 0 Å². The number of hydrogen-bond acceptors (Lipinski definition) is 7. The normalized spacial score (nSPS) is 12.2. The highest BCUT2D eigenvalue weighted by Gasteiger charge is 2.12. The molecule has 2 heterocycles. The van der Waals surface area contributed by atoms with Crippen LogP contribution in [0.2, 0.25) is 0 Å². The number of benzene rings is 1. The van der Waals surface area contributed by atoms with Gasteiger partial charge in [0.1, 0.15) is 11.5 Å². The molecular formula is C17H19N3O4. The average Bonchev–Trinajstić information content (AvgIpc) is 3.27. The number of aliphatic hydroxyl groups excluding tert-OH is 1. The van der Waals surface area contributed by atoms with E-state index in [-0.39, 0.29) is 19.3 Å². The Morgan fingerprint density at radius 2 is 2.08 bits per heavy atom. The van der Waals surface area contributed by atoms with E-state index >= 15 is 0 Å². The Kier molecular flexibility index (Phi) is 5.25. The summed E-state index contributed by atoms with van der Waals surface area (Å²) in [5, 5.41) is 16.5. The molecule has 1 aromatic carbocycles. The van der Waals surface area contributed by atoms with Gasteiger partial charge >= 0.3 is 0 Å². The van der Waals surface area contributed by atoms with E-state index in [2.05, 4.69) is 15.5 Å². The van der Waals surface area contributed by atoms with Crippen molar-refractivity contribution in [3.05, 3.63) is 65.7 Å². The second kappa shape index (κ2) is 7.76. The second-order valence-electron chi connectivity index (χ2n) is 5.29. The first kappa shape index (κ1) is 16.2. The summed E-state index contributed by atoms with van der Waals surface area (Å²) in [4.78, 5) is 4.08. The van der Waals surface area contributed by atoms with Crippen molar-refractivity contribution in [2.24, 2.45) is 0 Å². The minimum Gasteiger partial charge on any atom is -0.485 e. The molecule has 126 valence electrons. The highest BCUT2D eigenvalue weighted by atomic mass is 16.5. The van der Waals surface area contributed by atoms with Crippen molar-refractivity contribution in [1.82, 2.24) is 15.5 Å². The van der Waals surface area contributed by atoms with E-state index in [0.717, 1.165) is 11.3 Å². The summed E-state index contributed by atoms with van der Waals surface area (Å²) in [7, 11) is 0. The van der Waals surface area contributed by atoms with E-state index in [0.29, 0.717) is 24.0 Å². The van der Waals surface area contributed by atoms with Crippen LogP contribution in [0.1, 0.15) is 29.1 Å². The Hall–Kier alpha value is -2.64. The number of hydrogen-bond donors (Lipinski definition) is 2. The molecule has 0 aliphatic rings. The van der Waals surface area contributed by atoms with Crippen molar-refractivity contribution in [1.29, 1.82) is 0 Å². The first-order valence-corrected chi connectivity index (χ1v) is 7.63. The summed E-state index contributed by atoms with van der Waals surface area (Å²) < 4.78 is 15.8. The molecular weight excluding hydrogens is 310 g/mol. The number of furan rings is 1. The Morgan fingerprint density at radius 3 is 2.71 bits per heavy atom. The van der Waals surface area contributed by atoms with Gasteiger partial charge in [-0.15, -0.1) is 0 Å². The molecule has 1 atom stereocenters. The van der Waals surface area contributed by atoms with Crippen molar-refractivity contribution in [3.8, 4) is 5.75 Å². The topological polar surface area (TPSA) is 93.5 Å². The summed E-state index contributed by atoms with van der Waals surface area (Å²) in [6.07, 6.45) is 1.59. The number of ether oxygens (including phenoxy) is 1. The maximum atomic E-state index is 9.44. The van der Waals surface area contributed by atoms with Gasteiger partial charge in [-0.1, -0.05) is 17.3 Å². The zero-order valence-corrected chi connectivity index (χ0v) is 13.3. The fourth-order valence-electron chi connectivity index (χ4n) is 2.24. The molecule has 2 N–H and O–H groups in total. The fourth-order valence-corrected chi connectivity index (χ4v) is 2.24. The average molecular weight is 329 g/mol. The lowest BCUT2D eigenvalue weighted by atomic mass is 10.2. The fraction of sp³-hybridized carbons (Fsp3) is 0.294. The number of aryl methyl sites for hydroxylation is 1. The van der Waals surface area contributed by atoms with Crippen LogP contribution in [0, 0.1) is 6.92 Å². The molecule has 0 aliphatic carbocycles. The smallest absolute Gasteiger partial charge is 0.223 e. The molecule has 3 aromatic rings. The quantitative estimate of drug-likeness (QED) is 0.655. The molecule has 0 saturated carbocycles. The Bertz CT molecular complexity index is 738. The predicted octanol–water partition coefficient (Wildman–Crippen LogP) is 2.37. The van der Waals surface area contributed by atoms with Crippen molar-refractivity contribution in [2.45, 2.75) is 26.1 Å². The number of nitrogens with one attached hydrogen (secondary N) is 1. The molecule has 7 heteroatoms. The number of aromatic nitrogens is 2. The molecule has 0 amide bonds. The summed E-state index contributed by atoms with van der Waals surface area (Å²) in [5.74, 6) is 2.48. The lowest BCUT2D eigenvalue weighted by Gasteiger charge is -2.14. The molecule has 0 spiro atoms. The number of nitrogens with zero attached hydrogens (tertiary/aromatic N) is 2. The molecule has 0 saturated heterocycles. The van der Waals surface area contributed by atoms with Crippen LogP contribution in [0.25, 0.3) is 0 Å². The van der Waals surface area contributed by atoms with Crippen LogP contribution in [-0.2, 0) is 13.2 Å². The van der Waals surface area contributed by atoms with E-state index in [4.69, 9.17) is 13.7 Å². The highest BCUT2D eigenvalue weighted by molar-refractivity contribution is 5.27. The molecule has 0 aliphatic heterocycles. The molecule has 1 unspecified atom stereocenters. The SMILES string of the molecule is Cc1nc(COc2ccc(CNC(CO)c3ccco3)cc2)no1. The third kappa shape index (κ3) is 4.21. The minimum absolute atomic E-state index is 0.0289. The maximum Gasteiger partial charge on any atom is 0.223 e. The van der Waals surface area contributed by atoms with Crippen LogP contribution >= 0.6 is 0 Å². The molecule has 2 aromatic heterocycles. The monoisotopic (exact) mass is 329 g/mol. The molecule has 0 bridgehead atoms. The van der Waals surface area contributed by atoms with Crippen LogP contribution in [-0.4, -0.2) is 21.9 Å². The van der Waals surface area contributed by atoms with Gasteiger partial charge < -0.3 is 24.1 Å². The first-order valence-electron chi connectivity index (χ1n) is 7.63. The van der Waals surface area contributed by atoms with Gasteiger partial charge in [-0.2, -0.15) is 4.98 Å². The molecule has 0 fully saturated rings. The second-order valence-corrected chi connectivity index (χ2v) is 5.29. The summed E-state index contributed by atoms with van der Waals surface area (Å²) in [6.45, 7) is 2.58. The lowest BCUT2D eigenvalue weighted by Crippen LogP contribution is -2.23. The van der Waals surface area contributed by atoms with Crippen LogP contribution in [0.4, 0.5) is 0 Å². The Morgan fingerprint density at radius 1 is 1.25 bits per heavy atom. The zero-order valence-electron chi connectivity index (χ0n) is 13.3. The van der Waals surface area contributed by atoms with Gasteiger partial charge in [-0.3, -0.25) is 0 Å². The van der Waals surface area contributed by atoms with Gasteiger partial charge in [0.15, 0.2) is 6.61 Å². The number of rotatable bonds is 8. The third-order valence-electron chi connectivity index (χ3n) is 3.48. The maximum absolute atomic E-state index is 9.44. The van der Waals surface area contributed by atoms with Gasteiger partial charge in [0.2, 0.25) is 11.7 Å². The third-order valence-corrected chi connectivity index (χ3v) is 3.48. The zero-order chi connectivity index (χ0) is 16.8. The van der Waals surface area contributed by atoms with E-state index < -0.39 is 0 Å². The van der Waals surface area contributed by atoms with E-state index in [1.54, 1.807) is 19.3 Å². The standard InChI is InChI=1S/C17H19N3O4/c1-12-19-17(20-24-12)11-23-14-6-4-13(5-7-14)9-18-15(10-21)16-3-2-8-22-16/h2-8,15,18,21H,9-11H2,1H3. The van der Waals surface area contributed by atoms with Crippen molar-refractivity contribution < 1.29 is 18.8 Å². The predicted molar refractivity (Wildman–Crippen MR) is 85.2 cm³/mol. The van der Waals surface area contributed by atoms with Gasteiger partial charge in [-0.25, -0.2) is 0 Å². The van der Waals surface area contributed by atoms with Crippen molar-refractivity contribution in [3.63, 3.8) is 0 Å². The highest BCUT2D eigenvalue weighted by Crippen LogP contribution is 2.16. The van der Waals surface area contributed by atoms with Gasteiger partial charge in [0, 0.05) is 13.5 Å². The Labute approximate surface area is 139 Å². The van der Waals surface area contributed by atoms with Crippen LogP contribution < -0.4 is 10.1 Å². The van der Waals surface area contributed by atoms with Crippen LogP contribution in [0.5, 0.6) is 5.75 Å². The van der Waals surface area contributed by atoms with E-state index in [1.807, 2.05) is 30.3 Å². The summed E-state index contributed by atoms with van der Waals surface area (Å²) >= 11 is 0.